The molecule has 86 valence electrons. The lowest BCUT2D eigenvalue weighted by Gasteiger charge is -2.16. The van der Waals surface area contributed by atoms with E-state index < -0.39 is 19.4 Å². The summed E-state index contributed by atoms with van der Waals surface area (Å²) < 4.78 is 51.4. The van der Waals surface area contributed by atoms with Crippen LogP contribution < -0.4 is 0 Å². The van der Waals surface area contributed by atoms with Gasteiger partial charge in [0, 0.05) is 11.9 Å². The van der Waals surface area contributed by atoms with E-state index in [1.165, 1.54) is 0 Å². The molecule has 7 heteroatoms. The minimum Gasteiger partial charge on any atom is -0.312 e. The highest BCUT2D eigenvalue weighted by Crippen LogP contribution is 2.59. The maximum atomic E-state index is 11.8. The molecule has 0 aliphatic carbocycles. The van der Waals surface area contributed by atoms with E-state index in [0.717, 1.165) is 17.8 Å². The van der Waals surface area contributed by atoms with Gasteiger partial charge in [-0.1, -0.05) is 25.2 Å². The Labute approximate surface area is 85.8 Å². The van der Waals surface area contributed by atoms with Crippen molar-refractivity contribution in [2.45, 2.75) is 26.4 Å². The summed E-state index contributed by atoms with van der Waals surface area (Å²) in [5.41, 5.74) is 0. The third-order valence-electron chi connectivity index (χ3n) is 1.30. The van der Waals surface area contributed by atoms with E-state index in [2.05, 4.69) is 4.52 Å². The molecule has 0 spiro atoms. The highest BCUT2D eigenvalue weighted by Gasteiger charge is 2.32. The van der Waals surface area contributed by atoms with E-state index >= 15 is 0 Å². The van der Waals surface area contributed by atoms with E-state index in [4.69, 9.17) is 0 Å². The first-order valence-electron chi connectivity index (χ1n) is 4.28. The first-order chi connectivity index (χ1) is 6.33. The zero-order chi connectivity index (χ0) is 11.2. The van der Waals surface area contributed by atoms with Gasteiger partial charge in [0.15, 0.2) is 6.61 Å². The summed E-state index contributed by atoms with van der Waals surface area (Å²) in [6.07, 6.45) is -3.50. The summed E-state index contributed by atoms with van der Waals surface area (Å²) in [5.74, 6) is 0.559. The lowest BCUT2D eigenvalue weighted by Crippen LogP contribution is -2.15. The van der Waals surface area contributed by atoms with E-state index in [1.807, 2.05) is 6.92 Å². The van der Waals surface area contributed by atoms with E-state index in [9.17, 15) is 17.7 Å². The standard InChI is InChI=1S/C7H14F3O2PS/c1-3-5-14-13(11,4-2)12-6-7(8,9)10/h3-6H2,1-2H3. The van der Waals surface area contributed by atoms with Crippen LogP contribution in [0.2, 0.25) is 0 Å². The van der Waals surface area contributed by atoms with Crippen molar-refractivity contribution in [2.24, 2.45) is 0 Å². The first kappa shape index (κ1) is 14.3. The Morgan fingerprint density at radius 1 is 1.36 bits per heavy atom. The van der Waals surface area contributed by atoms with Gasteiger partial charge in [0.1, 0.15) is 0 Å². The second-order valence-electron chi connectivity index (χ2n) is 2.65. The normalized spacial score (nSPS) is 16.6. The molecule has 0 heterocycles. The molecule has 0 bridgehead atoms. The van der Waals surface area contributed by atoms with Crippen LogP contribution in [0, 0.1) is 0 Å². The van der Waals surface area contributed by atoms with Crippen LogP contribution >= 0.6 is 18.0 Å². The van der Waals surface area contributed by atoms with Gasteiger partial charge in [0.05, 0.1) is 0 Å². The molecule has 0 rings (SSSR count). The molecule has 1 atom stereocenters. The molecular formula is C7H14F3O2PS. The number of hydrogen-bond acceptors (Lipinski definition) is 3. The van der Waals surface area contributed by atoms with Crippen LogP contribution in [-0.4, -0.2) is 24.7 Å². The molecule has 0 aliphatic heterocycles. The Morgan fingerprint density at radius 3 is 2.29 bits per heavy atom. The molecule has 0 aromatic rings. The van der Waals surface area contributed by atoms with E-state index in [0.29, 0.717) is 5.75 Å². The molecule has 14 heavy (non-hydrogen) atoms. The second kappa shape index (κ2) is 6.03. The number of alkyl halides is 3. The van der Waals surface area contributed by atoms with Crippen LogP contribution in [0.3, 0.4) is 0 Å². The van der Waals surface area contributed by atoms with Gasteiger partial charge in [-0.2, -0.15) is 13.2 Å². The summed E-state index contributed by atoms with van der Waals surface area (Å²) in [5, 5.41) is 0. The lowest BCUT2D eigenvalue weighted by atomic mass is 10.6. The molecule has 0 aromatic heterocycles. The van der Waals surface area contributed by atoms with Crippen molar-refractivity contribution in [2.75, 3.05) is 18.5 Å². The quantitative estimate of drug-likeness (QED) is 0.668. The SMILES string of the molecule is CCCSP(=O)(CC)OCC(F)(F)F. The van der Waals surface area contributed by atoms with Gasteiger partial charge in [0.2, 0.25) is 0 Å². The first-order valence-corrected chi connectivity index (χ1v) is 7.68. The summed E-state index contributed by atoms with van der Waals surface area (Å²) in [6, 6.07) is 0. The Balaban J connectivity index is 4.06. The van der Waals surface area contributed by atoms with Crippen molar-refractivity contribution < 1.29 is 22.3 Å². The van der Waals surface area contributed by atoms with Gasteiger partial charge >= 0.3 is 6.18 Å². The molecule has 0 fully saturated rings. The fourth-order valence-electron chi connectivity index (χ4n) is 0.622. The maximum Gasteiger partial charge on any atom is 0.412 e. The van der Waals surface area contributed by atoms with Gasteiger partial charge < -0.3 is 4.52 Å². The van der Waals surface area contributed by atoms with Crippen molar-refractivity contribution in [1.29, 1.82) is 0 Å². The third-order valence-corrected chi connectivity index (χ3v) is 6.40. The Hall–Kier alpha value is 0.330. The lowest BCUT2D eigenvalue weighted by molar-refractivity contribution is -0.152. The molecule has 0 saturated heterocycles. The third kappa shape index (κ3) is 6.74. The number of hydrogen-bond donors (Lipinski definition) is 0. The molecular weight excluding hydrogens is 236 g/mol. The largest absolute Gasteiger partial charge is 0.412 e. The highest BCUT2D eigenvalue weighted by molar-refractivity contribution is 8.56. The molecule has 0 N–H and O–H groups in total. The summed E-state index contributed by atoms with van der Waals surface area (Å²) >= 11 is 0.998. The molecule has 0 aromatic carbocycles. The zero-order valence-corrected chi connectivity index (χ0v) is 9.85. The molecule has 0 aliphatic rings. The molecule has 0 saturated carbocycles. The van der Waals surface area contributed by atoms with Crippen LogP contribution in [0.5, 0.6) is 0 Å². The fraction of sp³-hybridized carbons (Fsp3) is 1.00. The van der Waals surface area contributed by atoms with E-state index in [-0.39, 0.29) is 6.16 Å². The van der Waals surface area contributed by atoms with Crippen LogP contribution in [0.4, 0.5) is 13.2 Å². The van der Waals surface area contributed by atoms with Crippen molar-refractivity contribution >= 4 is 18.0 Å². The number of halogens is 3. The van der Waals surface area contributed by atoms with Crippen LogP contribution in [0.1, 0.15) is 20.3 Å². The van der Waals surface area contributed by atoms with Crippen LogP contribution in [0.15, 0.2) is 0 Å². The zero-order valence-electron chi connectivity index (χ0n) is 8.13. The highest BCUT2D eigenvalue weighted by atomic mass is 32.7. The molecule has 1 unspecified atom stereocenters. The van der Waals surface area contributed by atoms with Crippen molar-refractivity contribution in [3.63, 3.8) is 0 Å². The Morgan fingerprint density at radius 2 is 1.93 bits per heavy atom. The monoisotopic (exact) mass is 250 g/mol. The Kier molecular flexibility index (Phi) is 6.17. The van der Waals surface area contributed by atoms with Crippen molar-refractivity contribution in [1.82, 2.24) is 0 Å². The predicted octanol–water partition coefficient (Wildman–Crippen LogP) is 3.92. The summed E-state index contributed by atoms with van der Waals surface area (Å²) in [4.78, 5) is 0. The van der Waals surface area contributed by atoms with Crippen molar-refractivity contribution in [3.8, 4) is 0 Å². The molecule has 0 radical (unpaired) electrons. The molecule has 2 nitrogen and oxygen atoms in total. The predicted molar refractivity (Wildman–Crippen MR) is 52.9 cm³/mol. The number of rotatable bonds is 6. The smallest absolute Gasteiger partial charge is 0.312 e. The minimum absolute atomic E-state index is 0.133. The topological polar surface area (TPSA) is 26.3 Å². The van der Waals surface area contributed by atoms with Gasteiger partial charge in [-0.3, -0.25) is 4.57 Å². The fourth-order valence-corrected chi connectivity index (χ4v) is 4.18. The summed E-state index contributed by atoms with van der Waals surface area (Å²) in [6.45, 7) is -1.10. The second-order valence-corrected chi connectivity index (χ2v) is 7.87. The maximum absolute atomic E-state index is 11.8. The van der Waals surface area contributed by atoms with Gasteiger partial charge in [-0.15, -0.1) is 0 Å². The Bertz CT molecular complexity index is 208. The van der Waals surface area contributed by atoms with Crippen LogP contribution in [0.25, 0.3) is 0 Å². The average Bonchev–Trinajstić information content (AvgIpc) is 2.10. The van der Waals surface area contributed by atoms with Gasteiger partial charge in [-0.25, -0.2) is 0 Å². The van der Waals surface area contributed by atoms with Crippen LogP contribution in [-0.2, 0) is 9.09 Å². The minimum atomic E-state index is -4.41. The van der Waals surface area contributed by atoms with Crippen molar-refractivity contribution in [3.05, 3.63) is 0 Å². The molecule has 0 amide bonds. The van der Waals surface area contributed by atoms with Gasteiger partial charge in [-0.05, 0) is 6.42 Å². The summed E-state index contributed by atoms with van der Waals surface area (Å²) in [7, 11) is 0. The van der Waals surface area contributed by atoms with E-state index in [1.54, 1.807) is 6.92 Å². The average molecular weight is 250 g/mol. The van der Waals surface area contributed by atoms with Gasteiger partial charge in [0.25, 0.3) is 6.57 Å².